The minimum atomic E-state index is 0.184. The molecule has 2 atom stereocenters. The molecule has 0 aliphatic carbocycles. The fourth-order valence-corrected chi connectivity index (χ4v) is 6.40. The van der Waals surface area contributed by atoms with E-state index < -0.39 is 0 Å². The Balaban J connectivity index is 1.55. The van der Waals surface area contributed by atoms with E-state index in [0.717, 1.165) is 12.3 Å². The van der Waals surface area contributed by atoms with Gasteiger partial charge < -0.3 is 0 Å². The second-order valence-corrected chi connectivity index (χ2v) is 13.4. The zero-order valence-electron chi connectivity index (χ0n) is 23.8. The van der Waals surface area contributed by atoms with Crippen molar-refractivity contribution in [3.8, 4) is 0 Å². The number of unbranched alkanes of at least 4 members (excludes halogenated alkanes) is 13. The molecule has 2 unspecified atom stereocenters. The first-order chi connectivity index (χ1) is 17.7. The zero-order valence-corrected chi connectivity index (χ0v) is 26.0. The number of hydrogen-bond donors (Lipinski definition) is 0. The number of nitrogens with zero attached hydrogens (tertiary/aromatic N) is 1. The Morgan fingerprint density at radius 1 is 0.667 bits per heavy atom. The molecule has 0 aliphatic rings. The van der Waals surface area contributed by atoms with Crippen molar-refractivity contribution in [3.63, 3.8) is 0 Å². The van der Waals surface area contributed by atoms with Crippen molar-refractivity contribution >= 4 is 0 Å². The second-order valence-electron chi connectivity index (χ2n) is 11.0. The van der Waals surface area contributed by atoms with Gasteiger partial charge in [-0.15, -0.1) is 0 Å². The van der Waals surface area contributed by atoms with Gasteiger partial charge in [-0.05, 0) is 0 Å². The molecule has 1 nitrogen and oxygen atoms in total. The Labute approximate surface area is 234 Å². The third-order valence-electron chi connectivity index (χ3n) is 7.78. The van der Waals surface area contributed by atoms with Gasteiger partial charge in [-0.1, -0.05) is 84.0 Å². The summed E-state index contributed by atoms with van der Waals surface area (Å²) in [6.07, 6.45) is 27.3. The molecule has 0 fully saturated rings. The molecule has 2 rings (SSSR count). The van der Waals surface area contributed by atoms with E-state index >= 15 is 0 Å². The molecular formula is C34H55IN-. The molecular weight excluding hydrogens is 549 g/mol. The van der Waals surface area contributed by atoms with Crippen LogP contribution in [0.4, 0.5) is 0 Å². The molecule has 2 aromatic rings. The third-order valence-corrected chi connectivity index (χ3v) is 9.74. The van der Waals surface area contributed by atoms with Crippen LogP contribution in [-0.4, -0.2) is 9.91 Å². The SMILES string of the molecule is CCCCCCCCCCCCCCCCC(C)CCC(Cc1ccc([I-]C)cc1)c1ccccn1. The van der Waals surface area contributed by atoms with Crippen LogP contribution in [0, 0.1) is 9.49 Å². The number of rotatable bonds is 22. The fraction of sp³-hybridized carbons (Fsp3) is 0.676. The molecule has 1 aromatic heterocycles. The Morgan fingerprint density at radius 3 is 1.78 bits per heavy atom. The first-order valence-corrected chi connectivity index (χ1v) is 18.5. The summed E-state index contributed by atoms with van der Waals surface area (Å²) in [4.78, 5) is 7.07. The maximum absolute atomic E-state index is 4.73. The van der Waals surface area contributed by atoms with Gasteiger partial charge in [0.15, 0.2) is 0 Å². The monoisotopic (exact) mass is 604 g/mol. The summed E-state index contributed by atoms with van der Waals surface area (Å²) in [6, 6.07) is 15.8. The average Bonchev–Trinajstić information content (AvgIpc) is 2.92. The van der Waals surface area contributed by atoms with E-state index in [9.17, 15) is 0 Å². The molecule has 204 valence electrons. The number of halogens is 1. The zero-order chi connectivity index (χ0) is 25.7. The van der Waals surface area contributed by atoms with E-state index in [0.29, 0.717) is 5.92 Å². The Kier molecular flexibility index (Phi) is 18.3. The van der Waals surface area contributed by atoms with Crippen LogP contribution in [0.2, 0.25) is 0 Å². The molecule has 1 heterocycles. The fourth-order valence-electron chi connectivity index (χ4n) is 5.32. The van der Waals surface area contributed by atoms with Gasteiger partial charge in [0.25, 0.3) is 0 Å². The summed E-state index contributed by atoms with van der Waals surface area (Å²) < 4.78 is 1.54. The quantitative estimate of drug-likeness (QED) is 0.0767. The Bertz CT molecular complexity index is 742. The first-order valence-electron chi connectivity index (χ1n) is 15.2. The van der Waals surface area contributed by atoms with E-state index in [2.05, 4.69) is 55.2 Å². The predicted molar refractivity (Wildman–Crippen MR) is 155 cm³/mol. The topological polar surface area (TPSA) is 12.9 Å². The van der Waals surface area contributed by atoms with E-state index in [4.69, 9.17) is 4.98 Å². The molecule has 0 bridgehead atoms. The van der Waals surface area contributed by atoms with Crippen LogP contribution < -0.4 is 21.2 Å². The predicted octanol–water partition coefficient (Wildman–Crippen LogP) is 7.58. The van der Waals surface area contributed by atoms with Gasteiger partial charge in [0.1, 0.15) is 0 Å². The average molecular weight is 605 g/mol. The van der Waals surface area contributed by atoms with Gasteiger partial charge in [-0.3, -0.25) is 0 Å². The molecule has 0 aliphatic heterocycles. The standard InChI is InChI=1S/C34H55IN/c1-4-5-6-7-8-9-10-11-12-13-14-15-16-17-20-30(2)22-25-32(34-21-18-19-28-36-34)29-31-23-26-33(35-3)27-24-31/h18-19,21,23-24,26-28,30,32H,4-17,20,22,25,29H2,1-3H3/q-1. The maximum atomic E-state index is 4.73. The van der Waals surface area contributed by atoms with Crippen LogP contribution in [-0.2, 0) is 6.42 Å². The second kappa shape index (κ2) is 21.1. The van der Waals surface area contributed by atoms with E-state index in [1.165, 1.54) is 124 Å². The number of pyridine rings is 1. The van der Waals surface area contributed by atoms with Gasteiger partial charge in [-0.25, -0.2) is 0 Å². The van der Waals surface area contributed by atoms with E-state index in [1.807, 2.05) is 12.3 Å². The van der Waals surface area contributed by atoms with Crippen LogP contribution in [0.25, 0.3) is 0 Å². The summed E-state index contributed by atoms with van der Waals surface area (Å²) in [5.41, 5.74) is 2.74. The molecule has 0 spiro atoms. The molecule has 0 saturated carbocycles. The molecule has 1 aromatic carbocycles. The summed E-state index contributed by atoms with van der Waals surface area (Å²) in [7, 11) is 0. The van der Waals surface area contributed by atoms with Crippen molar-refractivity contribution < 1.29 is 21.2 Å². The molecule has 36 heavy (non-hydrogen) atoms. The van der Waals surface area contributed by atoms with Crippen LogP contribution in [0.5, 0.6) is 0 Å². The molecule has 0 saturated heterocycles. The summed E-state index contributed by atoms with van der Waals surface area (Å²) in [5.74, 6) is 1.35. The molecule has 0 amide bonds. The molecule has 2 heteroatoms. The van der Waals surface area contributed by atoms with Crippen LogP contribution in [0.15, 0.2) is 48.7 Å². The first kappa shape index (κ1) is 31.3. The minimum absolute atomic E-state index is 0.184. The van der Waals surface area contributed by atoms with Crippen molar-refractivity contribution in [3.05, 3.63) is 63.5 Å². The molecule has 0 radical (unpaired) electrons. The van der Waals surface area contributed by atoms with Crippen LogP contribution in [0.3, 0.4) is 0 Å². The number of benzene rings is 1. The van der Waals surface area contributed by atoms with Crippen molar-refractivity contribution in [2.24, 2.45) is 5.92 Å². The number of alkyl halides is 1. The van der Waals surface area contributed by atoms with E-state index in [1.54, 1.807) is 0 Å². The van der Waals surface area contributed by atoms with Crippen molar-refractivity contribution in [1.82, 2.24) is 4.98 Å². The van der Waals surface area contributed by atoms with Gasteiger partial charge in [0, 0.05) is 0 Å². The van der Waals surface area contributed by atoms with Crippen LogP contribution >= 0.6 is 0 Å². The Morgan fingerprint density at radius 2 is 1.25 bits per heavy atom. The van der Waals surface area contributed by atoms with Gasteiger partial charge in [-0.2, -0.15) is 0 Å². The summed E-state index contributed by atoms with van der Waals surface area (Å²) in [6.45, 7) is 4.77. The van der Waals surface area contributed by atoms with Crippen molar-refractivity contribution in [1.29, 1.82) is 0 Å². The van der Waals surface area contributed by atoms with Gasteiger partial charge in [0.2, 0.25) is 0 Å². The Hall–Kier alpha value is -0.900. The molecule has 0 N–H and O–H groups in total. The van der Waals surface area contributed by atoms with E-state index in [-0.39, 0.29) is 21.2 Å². The van der Waals surface area contributed by atoms with Gasteiger partial charge >= 0.3 is 152 Å². The van der Waals surface area contributed by atoms with Crippen molar-refractivity contribution in [2.45, 2.75) is 135 Å². The number of hydrogen-bond acceptors (Lipinski definition) is 1. The van der Waals surface area contributed by atoms with Crippen LogP contribution in [0.1, 0.15) is 140 Å². The van der Waals surface area contributed by atoms with Gasteiger partial charge in [0.05, 0.1) is 0 Å². The van der Waals surface area contributed by atoms with Crippen molar-refractivity contribution in [2.75, 3.05) is 4.93 Å². The number of aromatic nitrogens is 1. The third kappa shape index (κ3) is 14.7. The normalized spacial score (nSPS) is 13.2. The summed E-state index contributed by atoms with van der Waals surface area (Å²) in [5, 5.41) is 0. The summed E-state index contributed by atoms with van der Waals surface area (Å²) >= 11 is 0.184.